The Labute approximate surface area is 171 Å². The van der Waals surface area contributed by atoms with E-state index in [0.29, 0.717) is 5.41 Å². The summed E-state index contributed by atoms with van der Waals surface area (Å²) in [5.74, 6) is 6.54. The zero-order chi connectivity index (χ0) is 19.4. The van der Waals surface area contributed by atoms with Crippen LogP contribution < -0.4 is 0 Å². The first-order chi connectivity index (χ1) is 13.0. The molecule has 0 aliphatic heterocycles. The molecule has 3 aliphatic carbocycles. The zero-order valence-corrected chi connectivity index (χ0v) is 19.0. The predicted octanol–water partition coefficient (Wildman–Crippen LogP) is 8.66. The second-order valence-electron chi connectivity index (χ2n) is 11.5. The van der Waals surface area contributed by atoms with Crippen LogP contribution in [0.3, 0.4) is 0 Å². The summed E-state index contributed by atoms with van der Waals surface area (Å²) in [6.45, 7) is 14.3. The maximum atomic E-state index is 4.29. The molecule has 27 heavy (non-hydrogen) atoms. The number of fused-ring (bicyclic) bond motifs is 3. The monoisotopic (exact) mass is 372 g/mol. The minimum atomic E-state index is 0.602. The van der Waals surface area contributed by atoms with Gasteiger partial charge in [0.2, 0.25) is 0 Å². The highest BCUT2D eigenvalue weighted by molar-refractivity contribution is 5.06. The average Bonchev–Trinajstić information content (AvgIpc) is 2.98. The maximum absolute atomic E-state index is 4.29. The molecule has 0 heteroatoms. The smallest absolute Gasteiger partial charge is 0.0202 e. The van der Waals surface area contributed by atoms with Gasteiger partial charge in [0.15, 0.2) is 0 Å². The molecular weight excluding hydrogens is 324 g/mol. The van der Waals surface area contributed by atoms with Crippen LogP contribution in [-0.4, -0.2) is 0 Å². The van der Waals surface area contributed by atoms with Gasteiger partial charge in [-0.1, -0.05) is 78.7 Å². The molecule has 0 bridgehead atoms. The lowest BCUT2D eigenvalue weighted by molar-refractivity contribution is -0.0106. The highest BCUT2D eigenvalue weighted by atomic mass is 14.6. The Balaban J connectivity index is 1.74. The van der Waals surface area contributed by atoms with Crippen LogP contribution in [0.1, 0.15) is 111 Å². The van der Waals surface area contributed by atoms with E-state index >= 15 is 0 Å². The Morgan fingerprint density at radius 3 is 2.44 bits per heavy atom. The van der Waals surface area contributed by atoms with Gasteiger partial charge in [0, 0.05) is 0 Å². The minimum Gasteiger partial charge on any atom is -0.103 e. The molecule has 7 unspecified atom stereocenters. The second-order valence-corrected chi connectivity index (χ2v) is 11.5. The van der Waals surface area contributed by atoms with E-state index in [1.54, 1.807) is 0 Å². The standard InChI is InChI=1S/C27H48/c1-6-22(14-12-20(2)3)25-16-17-26-24-15-13-21(4)10-8-7-9-11-23(24)18-19-27(25,26)5/h6,20-26H,1,7-19H2,2-5H3. The highest BCUT2D eigenvalue weighted by Crippen LogP contribution is 2.62. The van der Waals surface area contributed by atoms with Crippen LogP contribution in [0, 0.1) is 46.8 Å². The van der Waals surface area contributed by atoms with Crippen LogP contribution in [0.25, 0.3) is 0 Å². The predicted molar refractivity (Wildman–Crippen MR) is 120 cm³/mol. The summed E-state index contributed by atoms with van der Waals surface area (Å²) >= 11 is 0. The molecule has 0 heterocycles. The Kier molecular flexibility index (Phi) is 7.54. The van der Waals surface area contributed by atoms with Gasteiger partial charge in [-0.05, 0) is 85.4 Å². The molecule has 0 N–H and O–H groups in total. The number of hydrogen-bond acceptors (Lipinski definition) is 0. The molecule has 0 spiro atoms. The van der Waals surface area contributed by atoms with Crippen molar-refractivity contribution < 1.29 is 0 Å². The first kappa shape index (κ1) is 21.4. The summed E-state index contributed by atoms with van der Waals surface area (Å²) in [7, 11) is 0. The van der Waals surface area contributed by atoms with Crippen molar-refractivity contribution in [2.24, 2.45) is 46.8 Å². The van der Waals surface area contributed by atoms with Crippen LogP contribution in [-0.2, 0) is 0 Å². The Hall–Kier alpha value is -0.260. The lowest BCUT2D eigenvalue weighted by atomic mass is 9.54. The van der Waals surface area contributed by atoms with Gasteiger partial charge in [-0.25, -0.2) is 0 Å². The van der Waals surface area contributed by atoms with Crippen molar-refractivity contribution in [1.29, 1.82) is 0 Å². The van der Waals surface area contributed by atoms with Crippen molar-refractivity contribution >= 4 is 0 Å². The van der Waals surface area contributed by atoms with Gasteiger partial charge in [0.1, 0.15) is 0 Å². The van der Waals surface area contributed by atoms with Crippen molar-refractivity contribution in [2.45, 2.75) is 111 Å². The van der Waals surface area contributed by atoms with Gasteiger partial charge in [-0.15, -0.1) is 6.58 Å². The molecule has 0 aromatic rings. The van der Waals surface area contributed by atoms with E-state index in [1.165, 1.54) is 83.5 Å². The highest BCUT2D eigenvalue weighted by Gasteiger charge is 2.54. The molecule has 7 atom stereocenters. The Morgan fingerprint density at radius 1 is 0.926 bits per heavy atom. The van der Waals surface area contributed by atoms with Crippen molar-refractivity contribution in [3.8, 4) is 0 Å². The SMILES string of the molecule is C=CC(CCC(C)C)C1CCC2C3CCC(C)CCCCCC3CCC12C. The number of hydrogen-bond donors (Lipinski definition) is 0. The molecular formula is C27H48. The van der Waals surface area contributed by atoms with E-state index < -0.39 is 0 Å². The number of allylic oxidation sites excluding steroid dienone is 1. The summed E-state index contributed by atoms with van der Waals surface area (Å²) in [5, 5.41) is 0. The molecule has 0 aromatic carbocycles. The van der Waals surface area contributed by atoms with Gasteiger partial charge >= 0.3 is 0 Å². The van der Waals surface area contributed by atoms with Crippen molar-refractivity contribution in [2.75, 3.05) is 0 Å². The summed E-state index contributed by atoms with van der Waals surface area (Å²) < 4.78 is 0. The van der Waals surface area contributed by atoms with Crippen molar-refractivity contribution in [1.82, 2.24) is 0 Å². The van der Waals surface area contributed by atoms with Crippen LogP contribution in [0.15, 0.2) is 12.7 Å². The van der Waals surface area contributed by atoms with Gasteiger partial charge in [0.05, 0.1) is 0 Å². The van der Waals surface area contributed by atoms with Crippen LogP contribution in [0.5, 0.6) is 0 Å². The Morgan fingerprint density at radius 2 is 1.70 bits per heavy atom. The zero-order valence-electron chi connectivity index (χ0n) is 19.0. The van der Waals surface area contributed by atoms with Crippen LogP contribution >= 0.6 is 0 Å². The molecule has 156 valence electrons. The minimum absolute atomic E-state index is 0.602. The third-order valence-electron chi connectivity index (χ3n) is 9.32. The van der Waals surface area contributed by atoms with E-state index in [2.05, 4.69) is 40.3 Å². The van der Waals surface area contributed by atoms with Gasteiger partial charge in [0.25, 0.3) is 0 Å². The van der Waals surface area contributed by atoms with Gasteiger partial charge in [-0.3, -0.25) is 0 Å². The van der Waals surface area contributed by atoms with Crippen molar-refractivity contribution in [3.05, 3.63) is 12.7 Å². The molecule has 3 saturated carbocycles. The fourth-order valence-electron chi connectivity index (χ4n) is 7.61. The normalized spacial score (nSPS) is 41.6. The lowest BCUT2D eigenvalue weighted by Gasteiger charge is -2.51. The molecule has 3 fully saturated rings. The van der Waals surface area contributed by atoms with E-state index in [-0.39, 0.29) is 0 Å². The lowest BCUT2D eigenvalue weighted by Crippen LogP contribution is -2.43. The third kappa shape index (κ3) is 4.84. The second kappa shape index (κ2) is 9.49. The first-order valence-corrected chi connectivity index (χ1v) is 12.6. The average molecular weight is 373 g/mol. The van der Waals surface area contributed by atoms with Crippen molar-refractivity contribution in [3.63, 3.8) is 0 Å². The third-order valence-corrected chi connectivity index (χ3v) is 9.32. The van der Waals surface area contributed by atoms with E-state index in [9.17, 15) is 0 Å². The quantitative estimate of drug-likeness (QED) is 0.423. The Bertz CT molecular complexity index is 463. The molecule has 3 rings (SSSR count). The molecule has 0 aromatic heterocycles. The summed E-state index contributed by atoms with van der Waals surface area (Å²) in [6.07, 6.45) is 21.7. The molecule has 0 amide bonds. The van der Waals surface area contributed by atoms with E-state index in [0.717, 1.165) is 41.4 Å². The van der Waals surface area contributed by atoms with Gasteiger partial charge in [-0.2, -0.15) is 0 Å². The number of rotatable bonds is 5. The van der Waals surface area contributed by atoms with Crippen LogP contribution in [0.2, 0.25) is 0 Å². The summed E-state index contributed by atoms with van der Waals surface area (Å²) in [5.41, 5.74) is 0.602. The fourth-order valence-corrected chi connectivity index (χ4v) is 7.61. The van der Waals surface area contributed by atoms with E-state index in [1.807, 2.05) is 0 Å². The molecule has 3 aliphatic rings. The first-order valence-electron chi connectivity index (χ1n) is 12.6. The largest absolute Gasteiger partial charge is 0.103 e. The summed E-state index contributed by atoms with van der Waals surface area (Å²) in [6, 6.07) is 0. The van der Waals surface area contributed by atoms with Gasteiger partial charge < -0.3 is 0 Å². The maximum Gasteiger partial charge on any atom is -0.0202 e. The summed E-state index contributed by atoms with van der Waals surface area (Å²) in [4.78, 5) is 0. The van der Waals surface area contributed by atoms with E-state index in [4.69, 9.17) is 0 Å². The van der Waals surface area contributed by atoms with Crippen LogP contribution in [0.4, 0.5) is 0 Å². The topological polar surface area (TPSA) is 0 Å². The molecule has 0 radical (unpaired) electrons. The molecule has 0 saturated heterocycles. The fraction of sp³-hybridized carbons (Fsp3) is 0.926. The molecule has 0 nitrogen and oxygen atoms in total.